The number of pyridine rings is 1. The number of carbonyl (C=O) groups is 1. The number of rotatable bonds is 5. The third-order valence-corrected chi connectivity index (χ3v) is 8.82. The maximum absolute atomic E-state index is 13.1. The summed E-state index contributed by atoms with van der Waals surface area (Å²) in [6.45, 7) is 12.8. The topological polar surface area (TPSA) is 83.1 Å². The number of carbonyl (C=O) groups excluding carboxylic acids is 1. The lowest BCUT2D eigenvalue weighted by molar-refractivity contribution is -0.133. The van der Waals surface area contributed by atoms with Crippen LogP contribution in [0.3, 0.4) is 0 Å². The van der Waals surface area contributed by atoms with E-state index in [9.17, 15) is 13.2 Å². The summed E-state index contributed by atoms with van der Waals surface area (Å²) in [5, 5.41) is 0. The van der Waals surface area contributed by atoms with Crippen LogP contribution in [0.4, 0.5) is 5.82 Å². The molecule has 9 heteroatoms. The average molecular weight is 463 g/mol. The minimum atomic E-state index is -3.54. The molecule has 0 N–H and O–H groups in total. The van der Waals surface area contributed by atoms with Crippen molar-refractivity contribution in [1.82, 2.24) is 14.2 Å². The molecule has 32 heavy (non-hydrogen) atoms. The molecule has 1 aromatic heterocycles. The van der Waals surface area contributed by atoms with Gasteiger partial charge in [-0.2, -0.15) is 4.31 Å². The molecule has 1 aliphatic carbocycles. The Hall–Kier alpha value is -1.97. The molecule has 3 fully saturated rings. The molecule has 1 aromatic rings. The molecule has 4 rings (SSSR count). The summed E-state index contributed by atoms with van der Waals surface area (Å²) in [4.78, 5) is 21.8. The van der Waals surface area contributed by atoms with Crippen LogP contribution >= 0.6 is 0 Å². The average Bonchev–Trinajstić information content (AvgIpc) is 3.32. The minimum Gasteiger partial charge on any atom is -0.379 e. The second kappa shape index (κ2) is 8.76. The number of morpholine rings is 1. The van der Waals surface area contributed by atoms with Crippen molar-refractivity contribution in [1.29, 1.82) is 0 Å². The van der Waals surface area contributed by atoms with E-state index < -0.39 is 10.0 Å². The van der Waals surface area contributed by atoms with Crippen molar-refractivity contribution in [3.63, 3.8) is 0 Å². The van der Waals surface area contributed by atoms with Gasteiger partial charge in [-0.05, 0) is 37.3 Å². The van der Waals surface area contributed by atoms with Gasteiger partial charge in [0.1, 0.15) is 10.7 Å². The molecule has 3 aliphatic rings. The largest absolute Gasteiger partial charge is 0.379 e. The van der Waals surface area contributed by atoms with Gasteiger partial charge in [0.15, 0.2) is 0 Å². The molecular weight excluding hydrogens is 428 g/mol. The first kappa shape index (κ1) is 23.2. The van der Waals surface area contributed by atoms with Gasteiger partial charge in [0.05, 0.1) is 19.1 Å². The van der Waals surface area contributed by atoms with Gasteiger partial charge in [-0.3, -0.25) is 4.79 Å². The number of ether oxygens (including phenoxy) is 1. The molecule has 0 radical (unpaired) electrons. The van der Waals surface area contributed by atoms with E-state index in [4.69, 9.17) is 4.74 Å². The summed E-state index contributed by atoms with van der Waals surface area (Å²) in [6.07, 6.45) is 3.67. The first-order valence-electron chi connectivity index (χ1n) is 11.3. The second-order valence-corrected chi connectivity index (χ2v) is 11.7. The summed E-state index contributed by atoms with van der Waals surface area (Å²) in [6, 6.07) is 3.39. The zero-order valence-electron chi connectivity index (χ0n) is 19.5. The Morgan fingerprint density at radius 2 is 1.75 bits per heavy atom. The fourth-order valence-corrected chi connectivity index (χ4v) is 6.17. The molecule has 1 amide bonds. The second-order valence-electron chi connectivity index (χ2n) is 9.75. The molecular formula is C23H34N4O4S. The van der Waals surface area contributed by atoms with Crippen LogP contribution in [-0.2, 0) is 19.6 Å². The highest BCUT2D eigenvalue weighted by Gasteiger charge is 2.61. The molecule has 3 heterocycles. The predicted octanol–water partition coefficient (Wildman–Crippen LogP) is 1.99. The monoisotopic (exact) mass is 462 g/mol. The summed E-state index contributed by atoms with van der Waals surface area (Å²) in [7, 11) is -3.54. The van der Waals surface area contributed by atoms with Crippen LogP contribution in [0.15, 0.2) is 34.9 Å². The summed E-state index contributed by atoms with van der Waals surface area (Å²) >= 11 is 0. The van der Waals surface area contributed by atoms with Gasteiger partial charge in [0.25, 0.3) is 0 Å². The molecule has 1 saturated carbocycles. The van der Waals surface area contributed by atoms with Crippen molar-refractivity contribution in [2.24, 2.45) is 17.3 Å². The molecule has 2 saturated heterocycles. The number of anilines is 1. The molecule has 8 nitrogen and oxygen atoms in total. The van der Waals surface area contributed by atoms with E-state index in [0.717, 1.165) is 5.82 Å². The highest BCUT2D eigenvalue weighted by molar-refractivity contribution is 7.89. The lowest BCUT2D eigenvalue weighted by atomic mass is 10.1. The van der Waals surface area contributed by atoms with Crippen LogP contribution in [-0.4, -0.2) is 81.0 Å². The van der Waals surface area contributed by atoms with Crippen LogP contribution in [0, 0.1) is 17.3 Å². The SMILES string of the molecule is CC(C)=CC1C(C(=O)N2CCN(c3ccc(S(=O)(=O)N4CCOCC4)cn3)CC2)C1(C)C. The van der Waals surface area contributed by atoms with E-state index in [-0.39, 0.29) is 22.1 Å². The van der Waals surface area contributed by atoms with Gasteiger partial charge in [0, 0.05) is 45.5 Å². The molecule has 0 bridgehead atoms. The van der Waals surface area contributed by atoms with Gasteiger partial charge in [-0.25, -0.2) is 13.4 Å². The molecule has 2 atom stereocenters. The number of hydrogen-bond acceptors (Lipinski definition) is 6. The smallest absolute Gasteiger partial charge is 0.244 e. The maximum atomic E-state index is 13.1. The molecule has 2 unspecified atom stereocenters. The third kappa shape index (κ3) is 4.43. The Balaban J connectivity index is 1.36. The molecule has 0 spiro atoms. The van der Waals surface area contributed by atoms with Crippen LogP contribution in [0.5, 0.6) is 0 Å². The van der Waals surface area contributed by atoms with Gasteiger partial charge in [-0.15, -0.1) is 0 Å². The zero-order valence-corrected chi connectivity index (χ0v) is 20.3. The molecule has 2 aliphatic heterocycles. The number of nitrogens with zero attached hydrogens (tertiary/aromatic N) is 4. The summed E-state index contributed by atoms with van der Waals surface area (Å²) in [5.74, 6) is 1.37. The number of piperazine rings is 1. The highest BCUT2D eigenvalue weighted by atomic mass is 32.2. The number of hydrogen-bond donors (Lipinski definition) is 0. The fourth-order valence-electron chi connectivity index (χ4n) is 4.82. The Morgan fingerprint density at radius 3 is 2.31 bits per heavy atom. The van der Waals surface area contributed by atoms with Crippen molar-refractivity contribution in [2.45, 2.75) is 32.6 Å². The number of sulfonamides is 1. The van der Waals surface area contributed by atoms with Crippen molar-refractivity contribution in [3.8, 4) is 0 Å². The van der Waals surface area contributed by atoms with Crippen molar-refractivity contribution in [2.75, 3.05) is 57.4 Å². The van der Waals surface area contributed by atoms with E-state index in [1.165, 1.54) is 16.1 Å². The normalized spacial score (nSPS) is 26.0. The number of amides is 1. The lowest BCUT2D eigenvalue weighted by Crippen LogP contribution is -2.49. The zero-order chi connectivity index (χ0) is 23.1. The van der Waals surface area contributed by atoms with Gasteiger partial charge in [0.2, 0.25) is 15.9 Å². The van der Waals surface area contributed by atoms with E-state index >= 15 is 0 Å². The van der Waals surface area contributed by atoms with Gasteiger partial charge in [-0.1, -0.05) is 25.5 Å². The Kier molecular flexibility index (Phi) is 6.35. The molecule has 0 aromatic carbocycles. The van der Waals surface area contributed by atoms with Crippen LogP contribution in [0.25, 0.3) is 0 Å². The Labute approximate surface area is 191 Å². The Bertz CT molecular complexity index is 972. The van der Waals surface area contributed by atoms with Crippen LogP contribution in [0.1, 0.15) is 27.7 Å². The van der Waals surface area contributed by atoms with E-state index in [1.54, 1.807) is 12.1 Å². The number of aromatic nitrogens is 1. The van der Waals surface area contributed by atoms with Gasteiger partial charge >= 0.3 is 0 Å². The van der Waals surface area contributed by atoms with Gasteiger partial charge < -0.3 is 14.5 Å². The standard InChI is InChI=1S/C23H34N4O4S/c1-17(2)15-19-21(23(19,3)4)22(28)26-9-7-25(8-10-26)20-6-5-18(16-24-20)32(29,30)27-11-13-31-14-12-27/h5-6,15-16,19,21H,7-14H2,1-4H3. The van der Waals surface area contributed by atoms with Crippen molar-refractivity contribution >= 4 is 21.7 Å². The van der Waals surface area contributed by atoms with E-state index in [1.807, 2.05) is 4.90 Å². The van der Waals surface area contributed by atoms with Crippen LogP contribution in [0.2, 0.25) is 0 Å². The predicted molar refractivity (Wildman–Crippen MR) is 123 cm³/mol. The lowest BCUT2D eigenvalue weighted by Gasteiger charge is -2.36. The fraction of sp³-hybridized carbons (Fsp3) is 0.652. The number of allylic oxidation sites excluding steroid dienone is 2. The van der Waals surface area contributed by atoms with E-state index in [2.05, 4.69) is 43.7 Å². The minimum absolute atomic E-state index is 0.0227. The Morgan fingerprint density at radius 1 is 1.09 bits per heavy atom. The quantitative estimate of drug-likeness (QED) is 0.623. The highest BCUT2D eigenvalue weighted by Crippen LogP contribution is 2.60. The van der Waals surface area contributed by atoms with Crippen molar-refractivity contribution in [3.05, 3.63) is 30.0 Å². The maximum Gasteiger partial charge on any atom is 0.244 e. The molecule has 176 valence electrons. The summed E-state index contributed by atoms with van der Waals surface area (Å²) in [5.41, 5.74) is 1.28. The van der Waals surface area contributed by atoms with E-state index in [0.29, 0.717) is 58.4 Å². The first-order valence-corrected chi connectivity index (χ1v) is 12.8. The van der Waals surface area contributed by atoms with Crippen molar-refractivity contribution < 1.29 is 17.9 Å². The first-order chi connectivity index (χ1) is 15.1. The third-order valence-electron chi connectivity index (χ3n) is 6.93. The van der Waals surface area contributed by atoms with Crippen LogP contribution < -0.4 is 4.90 Å². The summed E-state index contributed by atoms with van der Waals surface area (Å²) < 4.78 is 32.2.